The lowest BCUT2D eigenvalue weighted by Gasteiger charge is -2.27. The van der Waals surface area contributed by atoms with E-state index in [0.717, 1.165) is 42.9 Å². The first kappa shape index (κ1) is 15.6. The van der Waals surface area contributed by atoms with Gasteiger partial charge in [-0.05, 0) is 37.6 Å². The highest BCUT2D eigenvalue weighted by molar-refractivity contribution is 5.73. The average Bonchev–Trinajstić information content (AvgIpc) is 2.72. The van der Waals surface area contributed by atoms with Crippen LogP contribution in [0.3, 0.4) is 0 Å². The summed E-state index contributed by atoms with van der Waals surface area (Å²) in [5.41, 5.74) is 0.963. The van der Waals surface area contributed by atoms with Crippen molar-refractivity contribution in [3.8, 4) is 11.5 Å². The molecule has 1 unspecified atom stereocenters. The van der Waals surface area contributed by atoms with E-state index in [0.29, 0.717) is 13.0 Å². The van der Waals surface area contributed by atoms with Gasteiger partial charge < -0.3 is 14.6 Å². The van der Waals surface area contributed by atoms with Crippen LogP contribution in [0.25, 0.3) is 0 Å². The van der Waals surface area contributed by atoms with E-state index in [2.05, 4.69) is 0 Å². The highest BCUT2D eigenvalue weighted by Gasteiger charge is 2.27. The van der Waals surface area contributed by atoms with Crippen LogP contribution in [0.1, 0.15) is 31.2 Å². The molecule has 1 atom stereocenters. The molecular formula is C16H23NO4. The second kappa shape index (κ2) is 7.31. The summed E-state index contributed by atoms with van der Waals surface area (Å²) >= 11 is 0. The van der Waals surface area contributed by atoms with E-state index in [9.17, 15) is 9.90 Å². The van der Waals surface area contributed by atoms with E-state index in [-0.39, 0.29) is 0 Å². The van der Waals surface area contributed by atoms with Crippen molar-refractivity contribution in [2.24, 2.45) is 0 Å². The summed E-state index contributed by atoms with van der Waals surface area (Å²) in [5, 5.41) is 9.44. The van der Waals surface area contributed by atoms with Gasteiger partial charge in [0.05, 0.1) is 14.2 Å². The Hall–Kier alpha value is -1.75. The SMILES string of the molecule is COc1ccc(OC)c(CN2CCCCCC2C(=O)O)c1. The van der Waals surface area contributed by atoms with Gasteiger partial charge in [0, 0.05) is 12.1 Å². The van der Waals surface area contributed by atoms with E-state index in [4.69, 9.17) is 9.47 Å². The Morgan fingerprint density at radius 1 is 1.29 bits per heavy atom. The molecule has 0 radical (unpaired) electrons. The maximum Gasteiger partial charge on any atom is 0.320 e. The molecule has 1 fully saturated rings. The van der Waals surface area contributed by atoms with Crippen molar-refractivity contribution in [2.45, 2.75) is 38.3 Å². The normalized spacial score (nSPS) is 19.8. The predicted octanol–water partition coefficient (Wildman–Crippen LogP) is 2.53. The lowest BCUT2D eigenvalue weighted by Crippen LogP contribution is -2.40. The zero-order chi connectivity index (χ0) is 15.2. The summed E-state index contributed by atoms with van der Waals surface area (Å²) in [6, 6.07) is 5.22. The number of hydrogen-bond acceptors (Lipinski definition) is 4. The Kier molecular flexibility index (Phi) is 5.44. The molecule has 0 spiro atoms. The summed E-state index contributed by atoms with van der Waals surface area (Å²) < 4.78 is 10.6. The first-order chi connectivity index (χ1) is 10.2. The zero-order valence-corrected chi connectivity index (χ0v) is 12.7. The number of likely N-dealkylation sites (tertiary alicyclic amines) is 1. The number of rotatable bonds is 5. The van der Waals surface area contributed by atoms with Crippen LogP contribution in [0.4, 0.5) is 0 Å². The third kappa shape index (κ3) is 3.88. The highest BCUT2D eigenvalue weighted by Crippen LogP contribution is 2.27. The van der Waals surface area contributed by atoms with Crippen LogP contribution in [0.5, 0.6) is 11.5 Å². The molecule has 1 aromatic rings. The van der Waals surface area contributed by atoms with Crippen molar-refractivity contribution in [3.05, 3.63) is 23.8 Å². The number of carbonyl (C=O) groups is 1. The monoisotopic (exact) mass is 293 g/mol. The molecule has 116 valence electrons. The van der Waals surface area contributed by atoms with Crippen LogP contribution in [0, 0.1) is 0 Å². The van der Waals surface area contributed by atoms with Crippen LogP contribution < -0.4 is 9.47 Å². The highest BCUT2D eigenvalue weighted by atomic mass is 16.5. The second-order valence-electron chi connectivity index (χ2n) is 5.35. The summed E-state index contributed by atoms with van der Waals surface area (Å²) in [7, 11) is 3.25. The third-order valence-corrected chi connectivity index (χ3v) is 4.01. The lowest BCUT2D eigenvalue weighted by atomic mass is 10.1. The van der Waals surface area contributed by atoms with Crippen molar-refractivity contribution in [3.63, 3.8) is 0 Å². The molecule has 0 saturated carbocycles. The number of ether oxygens (including phenoxy) is 2. The molecule has 21 heavy (non-hydrogen) atoms. The zero-order valence-electron chi connectivity index (χ0n) is 12.7. The van der Waals surface area contributed by atoms with E-state index >= 15 is 0 Å². The van der Waals surface area contributed by atoms with Crippen molar-refractivity contribution in [1.82, 2.24) is 4.90 Å². The number of hydrogen-bond donors (Lipinski definition) is 1. The smallest absolute Gasteiger partial charge is 0.320 e. The Bertz CT molecular complexity index is 489. The molecule has 1 saturated heterocycles. The fourth-order valence-electron chi connectivity index (χ4n) is 2.86. The Morgan fingerprint density at radius 2 is 2.10 bits per heavy atom. The van der Waals surface area contributed by atoms with E-state index < -0.39 is 12.0 Å². The van der Waals surface area contributed by atoms with Crippen molar-refractivity contribution < 1.29 is 19.4 Å². The molecule has 0 amide bonds. The molecule has 0 aromatic heterocycles. The molecule has 1 heterocycles. The second-order valence-corrected chi connectivity index (χ2v) is 5.35. The number of benzene rings is 1. The summed E-state index contributed by atoms with van der Waals surface area (Å²) in [4.78, 5) is 13.5. The Labute approximate surface area is 125 Å². The van der Waals surface area contributed by atoms with Gasteiger partial charge in [0.25, 0.3) is 0 Å². The summed E-state index contributed by atoms with van der Waals surface area (Å²) in [6.07, 6.45) is 3.82. The fourth-order valence-corrected chi connectivity index (χ4v) is 2.86. The predicted molar refractivity (Wildman–Crippen MR) is 79.8 cm³/mol. The van der Waals surface area contributed by atoms with Gasteiger partial charge in [0.15, 0.2) is 0 Å². The fraction of sp³-hybridized carbons (Fsp3) is 0.562. The van der Waals surface area contributed by atoms with E-state index in [1.54, 1.807) is 14.2 Å². The Balaban J connectivity index is 2.23. The minimum Gasteiger partial charge on any atom is -0.497 e. The van der Waals surface area contributed by atoms with Crippen molar-refractivity contribution in [1.29, 1.82) is 0 Å². The topological polar surface area (TPSA) is 59.0 Å². The maximum atomic E-state index is 11.5. The third-order valence-electron chi connectivity index (χ3n) is 4.01. The molecule has 5 heteroatoms. The van der Waals surface area contributed by atoms with Gasteiger partial charge in [-0.25, -0.2) is 0 Å². The first-order valence-electron chi connectivity index (χ1n) is 7.33. The number of nitrogens with zero attached hydrogens (tertiary/aromatic N) is 1. The molecule has 1 aliphatic heterocycles. The molecule has 2 rings (SSSR count). The van der Waals surface area contributed by atoms with Gasteiger partial charge in [-0.2, -0.15) is 0 Å². The van der Waals surface area contributed by atoms with Crippen molar-refractivity contribution >= 4 is 5.97 Å². The number of carboxylic acids is 1. The van der Waals surface area contributed by atoms with E-state index in [1.165, 1.54) is 0 Å². The average molecular weight is 293 g/mol. The quantitative estimate of drug-likeness (QED) is 0.904. The molecule has 0 aliphatic carbocycles. The van der Waals surface area contributed by atoms with Crippen LogP contribution in [0.15, 0.2) is 18.2 Å². The van der Waals surface area contributed by atoms with E-state index in [1.807, 2.05) is 23.1 Å². The van der Waals surface area contributed by atoms with Crippen LogP contribution >= 0.6 is 0 Å². The number of aliphatic carboxylic acids is 1. The van der Waals surface area contributed by atoms with Gasteiger partial charge >= 0.3 is 5.97 Å². The van der Waals surface area contributed by atoms with Crippen LogP contribution in [-0.2, 0) is 11.3 Å². The lowest BCUT2D eigenvalue weighted by molar-refractivity contribution is -0.143. The molecule has 1 aliphatic rings. The standard InChI is InChI=1S/C16H23NO4/c1-20-13-7-8-15(21-2)12(10-13)11-17-9-5-3-4-6-14(17)16(18)19/h7-8,10,14H,3-6,9,11H2,1-2H3,(H,18,19). The minimum atomic E-state index is -0.737. The maximum absolute atomic E-state index is 11.5. The van der Waals surface area contributed by atoms with Gasteiger partial charge in [0.1, 0.15) is 17.5 Å². The summed E-state index contributed by atoms with van der Waals surface area (Å²) in [6.45, 7) is 1.37. The minimum absolute atomic E-state index is 0.414. The molecule has 1 N–H and O–H groups in total. The van der Waals surface area contributed by atoms with Crippen LogP contribution in [0.2, 0.25) is 0 Å². The first-order valence-corrected chi connectivity index (χ1v) is 7.33. The number of methoxy groups -OCH3 is 2. The number of carboxylic acid groups (broad SMARTS) is 1. The van der Waals surface area contributed by atoms with Gasteiger partial charge in [0.2, 0.25) is 0 Å². The largest absolute Gasteiger partial charge is 0.497 e. The van der Waals surface area contributed by atoms with Crippen molar-refractivity contribution in [2.75, 3.05) is 20.8 Å². The molecular weight excluding hydrogens is 270 g/mol. The van der Waals surface area contributed by atoms with Crippen LogP contribution in [-0.4, -0.2) is 42.8 Å². The van der Waals surface area contributed by atoms with Gasteiger partial charge in [-0.3, -0.25) is 9.69 Å². The van der Waals surface area contributed by atoms with Gasteiger partial charge in [-0.1, -0.05) is 12.8 Å². The Morgan fingerprint density at radius 3 is 2.76 bits per heavy atom. The molecule has 1 aromatic carbocycles. The van der Waals surface area contributed by atoms with Gasteiger partial charge in [-0.15, -0.1) is 0 Å². The molecule has 5 nitrogen and oxygen atoms in total. The summed E-state index contributed by atoms with van der Waals surface area (Å²) in [5.74, 6) is 0.787. The molecule has 0 bridgehead atoms.